The molecule has 1 N–H and O–H groups in total. The van der Waals surface area contributed by atoms with E-state index in [1.807, 2.05) is 6.07 Å². The second-order valence-corrected chi connectivity index (χ2v) is 5.25. The lowest BCUT2D eigenvalue weighted by Crippen LogP contribution is -2.17. The molecule has 0 aliphatic rings. The fourth-order valence-corrected chi connectivity index (χ4v) is 2.77. The number of nitrogens with zero attached hydrogens (tertiary/aromatic N) is 1. The number of fused-ring (bicyclic) bond motifs is 1. The van der Waals surface area contributed by atoms with E-state index in [1.165, 1.54) is 27.7 Å². The molecule has 3 aromatic rings. The first-order valence-corrected chi connectivity index (χ1v) is 7.14. The highest BCUT2D eigenvalue weighted by Crippen LogP contribution is 2.28. The van der Waals surface area contributed by atoms with E-state index in [9.17, 15) is 0 Å². The number of rotatable bonds is 4. The summed E-state index contributed by atoms with van der Waals surface area (Å²) in [6.07, 6.45) is 0. The van der Waals surface area contributed by atoms with Gasteiger partial charge in [-0.05, 0) is 42.8 Å². The largest absolute Gasteiger partial charge is 0.496 e. The van der Waals surface area contributed by atoms with Crippen molar-refractivity contribution in [2.24, 2.45) is 0 Å². The van der Waals surface area contributed by atoms with Gasteiger partial charge in [-0.2, -0.15) is 0 Å². The smallest absolute Gasteiger partial charge is 0.124 e. The van der Waals surface area contributed by atoms with Crippen molar-refractivity contribution in [2.75, 3.05) is 12.5 Å². The third-order valence-electron chi connectivity index (χ3n) is 3.90. The highest BCUT2D eigenvalue weighted by molar-refractivity contribution is 5.87. The fraction of sp³-hybridized carbons (Fsp3) is 0.222. The van der Waals surface area contributed by atoms with Crippen molar-refractivity contribution in [3.05, 3.63) is 65.5 Å². The van der Waals surface area contributed by atoms with Gasteiger partial charge in [0, 0.05) is 17.0 Å². The van der Waals surface area contributed by atoms with Gasteiger partial charge < -0.3 is 10.2 Å². The Labute approximate surface area is 125 Å². The van der Waals surface area contributed by atoms with Crippen LogP contribution in [0, 0.1) is 13.8 Å². The fourth-order valence-electron chi connectivity index (χ4n) is 2.77. The molecule has 0 fully saturated rings. The minimum atomic E-state index is 0.723. The van der Waals surface area contributed by atoms with E-state index in [0.29, 0.717) is 0 Å². The average Bonchev–Trinajstić information content (AvgIpc) is 2.83. The molecule has 108 valence electrons. The number of hydrogen-bond donors (Lipinski definition) is 1. The van der Waals surface area contributed by atoms with Crippen LogP contribution in [0.5, 0.6) is 5.75 Å². The van der Waals surface area contributed by atoms with E-state index in [2.05, 4.69) is 66.4 Å². The standard InChI is InChI=1S/C18H20N2O/c1-13-8-9-14(2)20(13)19-12-17-16-7-5-4-6-15(16)10-11-18(17)21-3/h4-11,19H,12H2,1-3H3. The molecule has 21 heavy (non-hydrogen) atoms. The van der Waals surface area contributed by atoms with Gasteiger partial charge >= 0.3 is 0 Å². The number of hydrogen-bond acceptors (Lipinski definition) is 2. The van der Waals surface area contributed by atoms with Crippen LogP contribution in [0.4, 0.5) is 0 Å². The Kier molecular flexibility index (Phi) is 3.57. The van der Waals surface area contributed by atoms with E-state index < -0.39 is 0 Å². The Balaban J connectivity index is 1.99. The quantitative estimate of drug-likeness (QED) is 0.781. The van der Waals surface area contributed by atoms with Crippen LogP contribution in [-0.2, 0) is 6.54 Å². The monoisotopic (exact) mass is 280 g/mol. The first-order chi connectivity index (χ1) is 10.2. The predicted octanol–water partition coefficient (Wildman–Crippen LogP) is 4.01. The maximum absolute atomic E-state index is 5.53. The van der Waals surface area contributed by atoms with Crippen LogP contribution >= 0.6 is 0 Å². The number of benzene rings is 2. The van der Waals surface area contributed by atoms with Crippen LogP contribution in [0.15, 0.2) is 48.5 Å². The summed E-state index contributed by atoms with van der Waals surface area (Å²) < 4.78 is 7.65. The molecule has 3 heteroatoms. The molecule has 0 unspecified atom stereocenters. The third kappa shape index (κ3) is 2.47. The van der Waals surface area contributed by atoms with Gasteiger partial charge in [0.25, 0.3) is 0 Å². The zero-order valence-electron chi connectivity index (χ0n) is 12.7. The molecule has 1 heterocycles. The lowest BCUT2D eigenvalue weighted by atomic mass is 10.0. The van der Waals surface area contributed by atoms with E-state index in [1.54, 1.807) is 7.11 Å². The number of ether oxygens (including phenoxy) is 1. The Hall–Kier alpha value is -2.42. The van der Waals surface area contributed by atoms with Crippen molar-refractivity contribution in [3.63, 3.8) is 0 Å². The van der Waals surface area contributed by atoms with Crippen molar-refractivity contribution in [3.8, 4) is 5.75 Å². The molecule has 0 spiro atoms. The van der Waals surface area contributed by atoms with Crippen molar-refractivity contribution < 1.29 is 4.74 Å². The second kappa shape index (κ2) is 5.52. The van der Waals surface area contributed by atoms with Crippen molar-refractivity contribution in [1.29, 1.82) is 0 Å². The van der Waals surface area contributed by atoms with Crippen LogP contribution in [0.25, 0.3) is 10.8 Å². The summed E-state index contributed by atoms with van der Waals surface area (Å²) in [5, 5.41) is 2.46. The molecule has 0 bridgehead atoms. The molecular formula is C18H20N2O. The zero-order valence-corrected chi connectivity index (χ0v) is 12.7. The predicted molar refractivity (Wildman–Crippen MR) is 87.5 cm³/mol. The van der Waals surface area contributed by atoms with Gasteiger partial charge in [-0.25, -0.2) is 0 Å². The van der Waals surface area contributed by atoms with E-state index in [0.717, 1.165) is 12.3 Å². The van der Waals surface area contributed by atoms with Gasteiger partial charge in [0.1, 0.15) is 5.75 Å². The molecule has 0 saturated carbocycles. The molecule has 0 amide bonds. The summed E-state index contributed by atoms with van der Waals surface area (Å²) in [5.74, 6) is 0.920. The van der Waals surface area contributed by atoms with Crippen LogP contribution in [0.1, 0.15) is 17.0 Å². The van der Waals surface area contributed by atoms with Gasteiger partial charge in [-0.1, -0.05) is 30.3 Å². The molecule has 2 aromatic carbocycles. The average molecular weight is 280 g/mol. The van der Waals surface area contributed by atoms with Gasteiger partial charge in [-0.15, -0.1) is 0 Å². The maximum Gasteiger partial charge on any atom is 0.124 e. The number of aromatic nitrogens is 1. The summed E-state index contributed by atoms with van der Waals surface area (Å²) in [6, 6.07) is 16.8. The molecule has 0 aliphatic heterocycles. The van der Waals surface area contributed by atoms with Crippen LogP contribution in [0.3, 0.4) is 0 Å². The van der Waals surface area contributed by atoms with Gasteiger partial charge in [0.05, 0.1) is 13.7 Å². The van der Waals surface area contributed by atoms with E-state index >= 15 is 0 Å². The molecule has 0 radical (unpaired) electrons. The summed E-state index contributed by atoms with van der Waals surface area (Å²) in [4.78, 5) is 0. The number of methoxy groups -OCH3 is 1. The van der Waals surface area contributed by atoms with Gasteiger partial charge in [0.15, 0.2) is 0 Å². The lowest BCUT2D eigenvalue weighted by Gasteiger charge is -2.16. The molecule has 3 nitrogen and oxygen atoms in total. The van der Waals surface area contributed by atoms with Gasteiger partial charge in [0.2, 0.25) is 0 Å². The Morgan fingerprint density at radius 3 is 2.38 bits per heavy atom. The van der Waals surface area contributed by atoms with Crippen molar-refractivity contribution >= 4 is 10.8 Å². The normalized spacial score (nSPS) is 10.8. The summed E-state index contributed by atoms with van der Waals surface area (Å²) in [5.41, 5.74) is 7.07. The maximum atomic E-state index is 5.53. The van der Waals surface area contributed by atoms with Gasteiger partial charge in [-0.3, -0.25) is 4.68 Å². The van der Waals surface area contributed by atoms with Crippen molar-refractivity contribution in [2.45, 2.75) is 20.4 Å². The summed E-state index contributed by atoms with van der Waals surface area (Å²) in [7, 11) is 1.72. The minimum absolute atomic E-state index is 0.723. The molecule has 3 rings (SSSR count). The Morgan fingerprint density at radius 2 is 1.67 bits per heavy atom. The molecule has 0 aliphatic carbocycles. The summed E-state index contributed by atoms with van der Waals surface area (Å²) in [6.45, 7) is 4.92. The van der Waals surface area contributed by atoms with Crippen LogP contribution < -0.4 is 10.2 Å². The number of aryl methyl sites for hydroxylation is 2. The lowest BCUT2D eigenvalue weighted by molar-refractivity contribution is 0.410. The summed E-state index contributed by atoms with van der Waals surface area (Å²) >= 11 is 0. The molecule has 1 aromatic heterocycles. The van der Waals surface area contributed by atoms with Crippen LogP contribution in [0.2, 0.25) is 0 Å². The Bertz CT molecular complexity index is 754. The molecule has 0 atom stereocenters. The highest BCUT2D eigenvalue weighted by Gasteiger charge is 2.09. The number of nitrogens with one attached hydrogen (secondary N) is 1. The van der Waals surface area contributed by atoms with E-state index in [-0.39, 0.29) is 0 Å². The minimum Gasteiger partial charge on any atom is -0.496 e. The van der Waals surface area contributed by atoms with E-state index in [4.69, 9.17) is 4.74 Å². The zero-order chi connectivity index (χ0) is 14.8. The van der Waals surface area contributed by atoms with Crippen molar-refractivity contribution in [1.82, 2.24) is 4.68 Å². The topological polar surface area (TPSA) is 26.2 Å². The SMILES string of the molecule is COc1ccc2ccccc2c1CNn1c(C)ccc1C. The molecular weight excluding hydrogens is 260 g/mol. The first-order valence-electron chi connectivity index (χ1n) is 7.14. The molecule has 0 saturated heterocycles. The highest BCUT2D eigenvalue weighted by atomic mass is 16.5. The second-order valence-electron chi connectivity index (χ2n) is 5.25. The first kappa shape index (κ1) is 13.6. The Morgan fingerprint density at radius 1 is 0.952 bits per heavy atom. The van der Waals surface area contributed by atoms with Crippen LogP contribution in [-0.4, -0.2) is 11.8 Å². The third-order valence-corrected chi connectivity index (χ3v) is 3.90.